The first-order valence-electron chi connectivity index (χ1n) is 12.0. The van der Waals surface area contributed by atoms with Crippen molar-refractivity contribution in [3.8, 4) is 0 Å². The number of ether oxygens (including phenoxy) is 1. The monoisotopic (exact) mass is 563 g/mol. The summed E-state index contributed by atoms with van der Waals surface area (Å²) in [6, 6.07) is 27.4. The molecule has 3 aromatic rings. The summed E-state index contributed by atoms with van der Waals surface area (Å²) in [4.78, 5) is 4.97. The predicted molar refractivity (Wildman–Crippen MR) is 152 cm³/mol. The van der Waals surface area contributed by atoms with Crippen LogP contribution in [0.2, 0.25) is 5.02 Å². The molecule has 1 aliphatic heterocycles. The molecule has 3 aliphatic rings. The number of hydrogen-bond acceptors (Lipinski definition) is 2. The molecular weight excluding hydrogens is 537 g/mol. The molecule has 1 atom stereocenters. The Hall–Kier alpha value is -1.63. The van der Waals surface area contributed by atoms with Gasteiger partial charge in [0.25, 0.3) is 0 Å². The molecule has 2 aliphatic carbocycles. The van der Waals surface area contributed by atoms with Crippen molar-refractivity contribution in [2.24, 2.45) is 4.99 Å². The number of halogens is 1. The maximum Gasteiger partial charge on any atom is 2.00 e. The standard InChI is InChI=1S/C27H22ClNOP.C5H5.Fe/c1-19(29-27-26-20(18-30-27)10-8-16-24(26)28)23-15-9-17-25(23)31(21-11-4-2-5-12-21)22-13-6-3-7-14-22;1-2-4-5-3-1;/h2-17,19H,18H2,1H3;1-5H;/q;;+2/t19-;;/m1../s1. The number of benzene rings is 3. The minimum absolute atomic E-state index is 0. The van der Waals surface area contributed by atoms with Gasteiger partial charge in [0.1, 0.15) is 6.61 Å². The Morgan fingerprint density at radius 2 is 1.35 bits per heavy atom. The van der Waals surface area contributed by atoms with Gasteiger partial charge in [-0.1, -0.05) is 84.4 Å². The van der Waals surface area contributed by atoms with Crippen LogP contribution in [0, 0.1) is 62.9 Å². The second kappa shape index (κ2) is 14.0. The molecule has 5 heteroatoms. The van der Waals surface area contributed by atoms with Crippen molar-refractivity contribution in [1.82, 2.24) is 0 Å². The summed E-state index contributed by atoms with van der Waals surface area (Å²) >= 11 is 6.46. The third kappa shape index (κ3) is 6.88. The van der Waals surface area contributed by atoms with Crippen LogP contribution in [0.4, 0.5) is 0 Å². The second-order valence-corrected chi connectivity index (χ2v) is 11.1. The summed E-state index contributed by atoms with van der Waals surface area (Å²) in [6.45, 7) is 2.66. The van der Waals surface area contributed by atoms with Crippen LogP contribution >= 0.6 is 19.5 Å². The van der Waals surface area contributed by atoms with Crippen molar-refractivity contribution in [1.29, 1.82) is 0 Å². The van der Waals surface area contributed by atoms with Crippen LogP contribution in [0.5, 0.6) is 0 Å². The topological polar surface area (TPSA) is 21.6 Å². The molecule has 184 valence electrons. The number of rotatable bonds is 5. The maximum atomic E-state index is 6.46. The summed E-state index contributed by atoms with van der Waals surface area (Å²) in [6.07, 6.45) is 16.6. The fourth-order valence-corrected chi connectivity index (χ4v) is 7.20. The van der Waals surface area contributed by atoms with Crippen LogP contribution in [0.3, 0.4) is 0 Å². The van der Waals surface area contributed by atoms with E-state index in [0.717, 1.165) is 11.1 Å². The number of hydrogen-bond donors (Lipinski definition) is 0. The SMILES string of the molecule is C[C@@H](N=C1OCc2cccc(Cl)c21)[C]1[CH][CH][CH][C]1P(c1ccccc1)c1ccccc1.[CH]1[CH][CH][CH][CH]1.[Fe+2]. The Kier molecular flexibility index (Phi) is 10.7. The van der Waals surface area contributed by atoms with Crippen LogP contribution in [0.25, 0.3) is 0 Å². The first-order valence-corrected chi connectivity index (χ1v) is 13.7. The summed E-state index contributed by atoms with van der Waals surface area (Å²) in [5.74, 6) is 1.87. The van der Waals surface area contributed by atoms with E-state index in [1.807, 2.05) is 50.3 Å². The second-order valence-electron chi connectivity index (χ2n) is 8.51. The largest absolute Gasteiger partial charge is 2.00 e. The van der Waals surface area contributed by atoms with Gasteiger partial charge in [-0.15, -0.1) is 0 Å². The molecule has 0 saturated heterocycles. The third-order valence-corrected chi connectivity index (χ3v) is 8.92. The van der Waals surface area contributed by atoms with Gasteiger partial charge in [-0.25, -0.2) is 4.99 Å². The van der Waals surface area contributed by atoms with E-state index >= 15 is 0 Å². The van der Waals surface area contributed by atoms with Gasteiger partial charge < -0.3 is 4.74 Å². The smallest absolute Gasteiger partial charge is 0.473 e. The van der Waals surface area contributed by atoms with Gasteiger partial charge in [-0.2, -0.15) is 0 Å². The molecule has 0 bridgehead atoms. The zero-order valence-electron chi connectivity index (χ0n) is 20.4. The maximum absolute atomic E-state index is 6.46. The van der Waals surface area contributed by atoms with Crippen molar-refractivity contribution in [3.05, 3.63) is 158 Å². The summed E-state index contributed by atoms with van der Waals surface area (Å²) in [5.41, 5.74) is 3.36. The van der Waals surface area contributed by atoms with Crippen molar-refractivity contribution >= 4 is 36.0 Å². The van der Waals surface area contributed by atoms with Crippen molar-refractivity contribution < 1.29 is 21.8 Å². The molecule has 3 aromatic carbocycles. The summed E-state index contributed by atoms with van der Waals surface area (Å²) < 4.78 is 5.91. The molecule has 1 heterocycles. The number of aliphatic imine (C=N–C) groups is 1. The van der Waals surface area contributed by atoms with Crippen molar-refractivity contribution in [3.63, 3.8) is 0 Å². The number of fused-ring (bicyclic) bond motifs is 1. The zero-order chi connectivity index (χ0) is 24.7. The normalized spacial score (nSPS) is 19.2. The van der Waals surface area contributed by atoms with E-state index in [4.69, 9.17) is 21.3 Å². The van der Waals surface area contributed by atoms with E-state index < -0.39 is 7.92 Å². The Bertz CT molecular complexity index is 1100. The van der Waals surface area contributed by atoms with E-state index in [0.29, 0.717) is 17.5 Å². The average Bonchev–Trinajstić information content (AvgIpc) is 3.70. The summed E-state index contributed by atoms with van der Waals surface area (Å²) in [7, 11) is -0.675. The van der Waals surface area contributed by atoms with E-state index in [9.17, 15) is 0 Å². The molecular formula is C32H27ClFeNOP+2. The molecule has 0 N–H and O–H groups in total. The molecule has 0 aromatic heterocycles. The Morgan fingerprint density at radius 1 is 0.757 bits per heavy atom. The fraction of sp³-hybridized carbons (Fsp3) is 0.0938. The molecule has 0 unspecified atom stereocenters. The molecule has 37 heavy (non-hydrogen) atoms. The van der Waals surface area contributed by atoms with Gasteiger partial charge in [-0.05, 0) is 82.9 Å². The minimum Gasteiger partial charge on any atom is -0.473 e. The first-order chi connectivity index (χ1) is 17.7. The van der Waals surface area contributed by atoms with E-state index in [2.05, 4.69) is 86.8 Å². The van der Waals surface area contributed by atoms with Crippen molar-refractivity contribution in [2.45, 2.75) is 19.6 Å². The quantitative estimate of drug-likeness (QED) is 0.245. The van der Waals surface area contributed by atoms with Gasteiger partial charge >= 0.3 is 17.1 Å². The van der Waals surface area contributed by atoms with Gasteiger partial charge in [0.05, 0.1) is 16.6 Å². The number of nitrogens with zero attached hydrogens (tertiary/aromatic N) is 1. The Morgan fingerprint density at radius 3 is 1.95 bits per heavy atom. The Balaban J connectivity index is 0.000000479. The van der Waals surface area contributed by atoms with Gasteiger partial charge in [0, 0.05) is 17.1 Å². The molecule has 6 rings (SSSR count). The van der Waals surface area contributed by atoms with E-state index in [-0.39, 0.29) is 23.1 Å². The molecule has 0 spiro atoms. The molecule has 0 amide bonds. The first kappa shape index (κ1) is 28.4. The van der Waals surface area contributed by atoms with Crippen molar-refractivity contribution in [2.75, 3.05) is 0 Å². The third-order valence-electron chi connectivity index (χ3n) is 6.09. The Labute approximate surface area is 239 Å². The van der Waals surface area contributed by atoms with E-state index in [1.54, 1.807) is 0 Å². The van der Waals surface area contributed by atoms with Gasteiger partial charge in [-0.3, -0.25) is 0 Å². The minimum atomic E-state index is -0.675. The predicted octanol–water partition coefficient (Wildman–Crippen LogP) is 6.89. The fourth-order valence-electron chi connectivity index (χ4n) is 4.38. The summed E-state index contributed by atoms with van der Waals surface area (Å²) in [5, 5.41) is 3.36. The van der Waals surface area contributed by atoms with Crippen LogP contribution in [0.15, 0.2) is 83.9 Å². The van der Waals surface area contributed by atoms with Crippen LogP contribution < -0.4 is 10.6 Å². The average molecular weight is 564 g/mol. The van der Waals surface area contributed by atoms with Gasteiger partial charge in [0.15, 0.2) is 0 Å². The van der Waals surface area contributed by atoms with Crippen LogP contribution in [-0.4, -0.2) is 11.9 Å². The molecule has 2 fully saturated rings. The zero-order valence-corrected chi connectivity index (χ0v) is 23.2. The molecule has 10 radical (unpaired) electrons. The van der Waals surface area contributed by atoms with Crippen LogP contribution in [0.1, 0.15) is 18.1 Å². The van der Waals surface area contributed by atoms with Gasteiger partial charge in [0.2, 0.25) is 5.90 Å². The van der Waals surface area contributed by atoms with Crippen LogP contribution in [-0.2, 0) is 28.4 Å². The molecule has 2 nitrogen and oxygen atoms in total. The van der Waals surface area contributed by atoms with E-state index in [1.165, 1.54) is 22.2 Å². The molecule has 2 saturated carbocycles.